The zero-order chi connectivity index (χ0) is 43.6. The molecule has 0 spiro atoms. The largest absolute Gasteiger partial charge is 0.625 e. The number of nitriles is 1. The molecule has 2 amide bonds. The van der Waals surface area contributed by atoms with E-state index in [1.165, 1.54) is 35.4 Å². The number of amides is 2. The predicted octanol–water partition coefficient (Wildman–Crippen LogP) is 9.22. The topological polar surface area (TPSA) is 114 Å². The zero-order valence-corrected chi connectivity index (χ0v) is 33.0. The van der Waals surface area contributed by atoms with Gasteiger partial charge in [-0.05, 0) is 77.1 Å². The van der Waals surface area contributed by atoms with Crippen molar-refractivity contribution in [1.82, 2.24) is 10.6 Å². The number of Topliss-reactive ketones (excluding diaryl/α,β-unsaturated/α-hetero) is 1. The van der Waals surface area contributed by atoms with Crippen LogP contribution in [0.2, 0.25) is 0 Å². The number of ether oxygens (including phenoxy) is 1. The molecule has 0 aromatic heterocycles. The van der Waals surface area contributed by atoms with E-state index in [4.69, 9.17) is 0 Å². The van der Waals surface area contributed by atoms with E-state index in [2.05, 4.69) is 63.9 Å². The summed E-state index contributed by atoms with van der Waals surface area (Å²) in [7, 11) is -2.61. The Morgan fingerprint density at radius 2 is 1.26 bits per heavy atom. The quantitative estimate of drug-likeness (QED) is 0.0889. The van der Waals surface area contributed by atoms with Crippen LogP contribution in [0.1, 0.15) is 29.5 Å². The molecular weight excluding hydrogens is 815 g/mol. The molecule has 0 heterocycles. The highest BCUT2D eigenvalue weighted by molar-refractivity contribution is 7.62. The molecule has 0 aliphatic heterocycles. The van der Waals surface area contributed by atoms with Crippen molar-refractivity contribution in [3.05, 3.63) is 192 Å². The van der Waals surface area contributed by atoms with Gasteiger partial charge in [0.1, 0.15) is 42.1 Å². The van der Waals surface area contributed by atoms with Crippen LogP contribution in [0.5, 0.6) is 5.75 Å². The molecule has 6 aromatic carbocycles. The first kappa shape index (κ1) is 43.8. The highest BCUT2D eigenvalue weighted by Gasteiger charge is 2.55. The third kappa shape index (κ3) is 10.7. The number of alkyl halides is 4. The number of ketones is 1. The number of hydrogen-bond acceptors (Lipinski definition) is 5. The van der Waals surface area contributed by atoms with Crippen LogP contribution in [0, 0.1) is 23.0 Å². The van der Waals surface area contributed by atoms with E-state index in [1.54, 1.807) is 54.6 Å². The summed E-state index contributed by atoms with van der Waals surface area (Å²) in [6.07, 6.45) is -9.33. The number of urea groups is 1. The van der Waals surface area contributed by atoms with Crippen molar-refractivity contribution >= 4 is 30.2 Å². The third-order valence-electron chi connectivity index (χ3n) is 9.78. The molecular formula is C47H36F6N3O4P. The number of nitrogens with one attached hydrogen (secondary N) is 2. The van der Waals surface area contributed by atoms with Crippen molar-refractivity contribution in [2.75, 3.05) is 0 Å². The van der Waals surface area contributed by atoms with Gasteiger partial charge in [0.2, 0.25) is 5.78 Å². The van der Waals surface area contributed by atoms with E-state index < -0.39 is 65.9 Å². The number of nitrogens with zero attached hydrogens (tertiary/aromatic N) is 1. The molecule has 2 N–H and O–H groups in total. The van der Waals surface area contributed by atoms with Crippen LogP contribution >= 0.6 is 7.77 Å². The SMILES string of the molecule is N#CC(C(=O)C1(NC(=O)N[C@](Cc2ccccc2)(c2ccc(F)cc2)c2cc(F)cc(OC(F)(F)C(F)F)c2)CC1)=[P+]([O-])c1ccccc1.c1ccc(-c2ccccc2)cc1. The minimum absolute atomic E-state index is 0.0747. The van der Waals surface area contributed by atoms with E-state index in [-0.39, 0.29) is 35.7 Å². The third-order valence-corrected chi connectivity index (χ3v) is 11.3. The van der Waals surface area contributed by atoms with E-state index >= 15 is 4.39 Å². The lowest BCUT2D eigenvalue weighted by Crippen LogP contribution is -2.57. The molecule has 1 fully saturated rings. The van der Waals surface area contributed by atoms with Gasteiger partial charge in [0.15, 0.2) is 0 Å². The van der Waals surface area contributed by atoms with Gasteiger partial charge in [-0.2, -0.15) is 22.8 Å². The summed E-state index contributed by atoms with van der Waals surface area (Å²) in [5.74, 6) is -3.74. The van der Waals surface area contributed by atoms with Gasteiger partial charge in [-0.1, -0.05) is 121 Å². The molecule has 1 aliphatic rings. The van der Waals surface area contributed by atoms with Gasteiger partial charge in [0.05, 0.1) is 5.54 Å². The van der Waals surface area contributed by atoms with Crippen molar-refractivity contribution in [3.63, 3.8) is 0 Å². The number of halogens is 6. The second kappa shape index (κ2) is 19.1. The highest BCUT2D eigenvalue weighted by Crippen LogP contribution is 2.40. The van der Waals surface area contributed by atoms with Crippen LogP contribution in [0.4, 0.5) is 31.1 Å². The fourth-order valence-corrected chi connectivity index (χ4v) is 7.80. The monoisotopic (exact) mass is 851 g/mol. The second-order valence-corrected chi connectivity index (χ2v) is 15.6. The molecule has 7 rings (SSSR count). The lowest BCUT2D eigenvalue weighted by atomic mass is 9.77. The van der Waals surface area contributed by atoms with Crippen LogP contribution in [-0.2, 0) is 16.8 Å². The Balaban J connectivity index is 0.000000441. The summed E-state index contributed by atoms with van der Waals surface area (Å²) < 4.78 is 87.4. The van der Waals surface area contributed by atoms with Gasteiger partial charge in [-0.15, -0.1) is 0 Å². The Bertz CT molecular complexity index is 2480. The maximum atomic E-state index is 15.1. The van der Waals surface area contributed by atoms with Gasteiger partial charge in [-0.3, -0.25) is 4.79 Å². The number of benzene rings is 6. The van der Waals surface area contributed by atoms with Crippen molar-refractivity contribution in [3.8, 4) is 22.9 Å². The Morgan fingerprint density at radius 3 is 1.77 bits per heavy atom. The zero-order valence-electron chi connectivity index (χ0n) is 32.1. The number of carbonyl (C=O) groups is 2. The van der Waals surface area contributed by atoms with Gasteiger partial charge in [0.25, 0.3) is 5.29 Å². The Morgan fingerprint density at radius 1 is 0.738 bits per heavy atom. The molecule has 0 bridgehead atoms. The van der Waals surface area contributed by atoms with Crippen LogP contribution in [0.15, 0.2) is 164 Å². The fourth-order valence-electron chi connectivity index (χ4n) is 6.61. The predicted molar refractivity (Wildman–Crippen MR) is 219 cm³/mol. The summed E-state index contributed by atoms with van der Waals surface area (Å²) in [4.78, 5) is 40.7. The molecule has 0 radical (unpaired) electrons. The van der Waals surface area contributed by atoms with E-state index in [1.807, 2.05) is 12.1 Å². The van der Waals surface area contributed by atoms with Crippen LogP contribution in [0.3, 0.4) is 0 Å². The van der Waals surface area contributed by atoms with Gasteiger partial charge in [0, 0.05) is 12.5 Å². The summed E-state index contributed by atoms with van der Waals surface area (Å²) in [5.41, 5.74) is -0.657. The molecule has 0 saturated heterocycles. The average Bonchev–Trinajstić information content (AvgIpc) is 4.05. The molecule has 7 nitrogen and oxygen atoms in total. The summed E-state index contributed by atoms with van der Waals surface area (Å²) >= 11 is 0. The van der Waals surface area contributed by atoms with E-state index in [9.17, 15) is 41.7 Å². The standard InChI is InChI=1S/C35H26F6N3O4P.C12H10/c36-25-13-11-23(12-14-25)34(20-22-7-3-1-4-8-22,24-17-26(37)19-27(18-24)48-35(40,41)31(38)39)44-32(46)43-33(15-16-33)30(45)29(21-42)49(47)28-9-5-2-6-10-28;1-3-7-11(8-4-1)12-9-5-2-6-10-12/h1-14,17-19,31H,15-16,20H2,(H2,43,44,46);1-10H/t34-;/m1./s1. The minimum atomic E-state index is -5.00. The van der Waals surface area contributed by atoms with Crippen molar-refractivity contribution in [1.29, 1.82) is 5.26 Å². The normalized spacial score (nSPS) is 14.2. The van der Waals surface area contributed by atoms with Crippen LogP contribution in [-0.4, -0.2) is 35.2 Å². The lowest BCUT2D eigenvalue weighted by molar-refractivity contribution is -0.253. The maximum absolute atomic E-state index is 15.1. The first-order valence-corrected chi connectivity index (χ1v) is 20.0. The number of rotatable bonds is 13. The van der Waals surface area contributed by atoms with Gasteiger partial charge < -0.3 is 20.3 Å². The second-order valence-electron chi connectivity index (χ2n) is 14.0. The van der Waals surface area contributed by atoms with Crippen molar-refractivity contribution in [2.24, 2.45) is 0 Å². The smallest absolute Gasteiger partial charge is 0.461 e. The average molecular weight is 852 g/mol. The molecule has 1 aliphatic carbocycles. The fraction of sp³-hybridized carbons (Fsp3) is 0.149. The Hall–Kier alpha value is -6.74. The Kier molecular flexibility index (Phi) is 13.7. The van der Waals surface area contributed by atoms with E-state index in [0.717, 1.165) is 24.3 Å². The van der Waals surface area contributed by atoms with E-state index in [0.29, 0.717) is 11.6 Å². The number of hydrogen-bond donors (Lipinski definition) is 2. The molecule has 1 saturated carbocycles. The molecule has 61 heavy (non-hydrogen) atoms. The first-order chi connectivity index (χ1) is 29.2. The van der Waals surface area contributed by atoms with Gasteiger partial charge >= 0.3 is 18.6 Å². The van der Waals surface area contributed by atoms with Crippen molar-refractivity contribution < 1.29 is 45.6 Å². The molecule has 2 atom stereocenters. The Labute approximate surface area is 348 Å². The lowest BCUT2D eigenvalue weighted by Gasteiger charge is -2.37. The number of carbonyl (C=O) groups excluding carboxylic acids is 2. The van der Waals surface area contributed by atoms with Crippen LogP contribution in [0.25, 0.3) is 11.1 Å². The molecule has 310 valence electrons. The van der Waals surface area contributed by atoms with Gasteiger partial charge in [-0.25, -0.2) is 13.6 Å². The highest BCUT2D eigenvalue weighted by atomic mass is 31.1. The molecule has 14 heteroatoms. The summed E-state index contributed by atoms with van der Waals surface area (Å²) in [6.45, 7) is 0. The van der Waals surface area contributed by atoms with Crippen molar-refractivity contribution in [2.45, 2.75) is 42.9 Å². The maximum Gasteiger partial charge on any atom is 0.461 e. The molecule has 1 unspecified atom stereocenters. The summed E-state index contributed by atoms with van der Waals surface area (Å²) in [5, 5.41) is 14.7. The minimum Gasteiger partial charge on any atom is -0.625 e. The summed E-state index contributed by atoms with van der Waals surface area (Å²) in [6, 6.07) is 44.2. The first-order valence-electron chi connectivity index (χ1n) is 18.8. The molecule has 6 aromatic rings. The van der Waals surface area contributed by atoms with Crippen LogP contribution < -0.4 is 25.6 Å².